The van der Waals surface area contributed by atoms with Gasteiger partial charge < -0.3 is 19.8 Å². The van der Waals surface area contributed by atoms with Crippen LogP contribution in [0.25, 0.3) is 0 Å². The smallest absolute Gasteiger partial charge is 0.238 e. The molecule has 0 aliphatic heterocycles. The molecular weight excluding hydrogens is 801 g/mol. The van der Waals surface area contributed by atoms with E-state index in [0.29, 0.717) is 61.4 Å². The summed E-state index contributed by atoms with van der Waals surface area (Å²) < 4.78 is 30.0. The van der Waals surface area contributed by atoms with Crippen molar-refractivity contribution in [3.8, 4) is 0 Å². The fraction of sp³-hybridized carbons (Fsp3) is 0.200. The van der Waals surface area contributed by atoms with Crippen LogP contribution in [-0.4, -0.2) is 47.4 Å². The van der Waals surface area contributed by atoms with Gasteiger partial charge in [-0.2, -0.15) is 0 Å². The second-order valence-electron chi connectivity index (χ2n) is 15.3. The van der Waals surface area contributed by atoms with Gasteiger partial charge in [-0.05, 0) is 81.5 Å². The highest BCUT2D eigenvalue weighted by Crippen LogP contribution is 2.50. The lowest BCUT2D eigenvalue weighted by Gasteiger charge is -2.24. The van der Waals surface area contributed by atoms with Gasteiger partial charge in [-0.1, -0.05) is 140 Å². The van der Waals surface area contributed by atoms with Crippen LogP contribution in [0.4, 0.5) is 11.4 Å². The van der Waals surface area contributed by atoms with Gasteiger partial charge in [-0.25, -0.2) is 0 Å². The number of nitrogens with one attached hydrogen (secondary N) is 2. The van der Waals surface area contributed by atoms with E-state index in [2.05, 4.69) is 10.6 Å². The van der Waals surface area contributed by atoms with E-state index in [1.807, 2.05) is 57.2 Å². The molecule has 6 aromatic carbocycles. The zero-order valence-corrected chi connectivity index (χ0v) is 37.4. The molecule has 0 unspecified atom stereocenters. The van der Waals surface area contributed by atoms with E-state index in [0.717, 1.165) is 11.1 Å². The van der Waals surface area contributed by atoms with Crippen LogP contribution in [-0.2, 0) is 18.7 Å². The fourth-order valence-electron chi connectivity index (χ4n) is 8.09. The van der Waals surface area contributed by atoms with Crippen molar-refractivity contribution in [2.75, 3.05) is 30.3 Å². The Morgan fingerprint density at radius 2 is 0.738 bits per heavy atom. The highest BCUT2D eigenvalue weighted by Gasteiger charge is 2.40. The average molecular weight is 852 g/mol. The predicted octanol–water partition coefficient (Wildman–Crippen LogP) is 8.74. The van der Waals surface area contributed by atoms with Crippen LogP contribution in [0.3, 0.4) is 0 Å². The Balaban J connectivity index is 1.23. The Morgan fingerprint density at radius 3 is 1.00 bits per heavy atom. The number of aryl methyl sites for hydroxylation is 4. The number of hydrogen-bond donors (Lipinski definition) is 2. The molecule has 61 heavy (non-hydrogen) atoms. The molecule has 2 amide bonds. The normalized spacial score (nSPS) is 11.6. The van der Waals surface area contributed by atoms with Gasteiger partial charge in [0.1, 0.15) is 0 Å². The molecule has 0 radical (unpaired) electrons. The van der Waals surface area contributed by atoms with Crippen LogP contribution in [0.5, 0.6) is 0 Å². The van der Waals surface area contributed by atoms with E-state index in [1.54, 1.807) is 130 Å². The number of rotatable bonds is 15. The van der Waals surface area contributed by atoms with Gasteiger partial charge in [0.15, 0.2) is 0 Å². The minimum Gasteiger partial charge on any atom is -0.324 e. The molecule has 2 N–H and O–H groups in total. The molecule has 312 valence electrons. The summed E-state index contributed by atoms with van der Waals surface area (Å²) in [5.41, 5.74) is 4.18. The Morgan fingerprint density at radius 1 is 0.459 bits per heavy atom. The largest absolute Gasteiger partial charge is 0.324 e. The Hall–Kier alpha value is -5.98. The molecule has 0 aliphatic carbocycles. The zero-order chi connectivity index (χ0) is 44.1. The molecule has 0 aliphatic rings. The first kappa shape index (κ1) is 44.6. The summed E-state index contributed by atoms with van der Waals surface area (Å²) in [6, 6.07) is 38.6. The zero-order valence-electron chi connectivity index (χ0n) is 35.6. The Kier molecular flexibility index (Phi) is 13.7. The summed E-state index contributed by atoms with van der Waals surface area (Å²) >= 11 is 0. The lowest BCUT2D eigenvalue weighted by Crippen LogP contribution is -2.39. The monoisotopic (exact) mass is 851 g/mol. The van der Waals surface area contributed by atoms with E-state index in [-0.39, 0.29) is 24.2 Å². The number of carbonyl (C=O) groups excluding carboxylic acids is 4. The number of nitrogens with zero attached hydrogens (tertiary/aromatic N) is 1. The molecule has 0 saturated heterocycles. The van der Waals surface area contributed by atoms with Crippen molar-refractivity contribution in [3.05, 3.63) is 178 Å². The van der Waals surface area contributed by atoms with E-state index < -0.39 is 37.1 Å². The van der Waals surface area contributed by atoms with Crippen molar-refractivity contribution in [1.82, 2.24) is 4.90 Å². The van der Waals surface area contributed by atoms with Gasteiger partial charge >= 0.3 is 0 Å². The van der Waals surface area contributed by atoms with E-state index >= 15 is 9.13 Å². The number of benzene rings is 6. The van der Waals surface area contributed by atoms with Crippen molar-refractivity contribution in [1.29, 1.82) is 0 Å². The maximum atomic E-state index is 15.0. The van der Waals surface area contributed by atoms with Crippen molar-refractivity contribution in [2.45, 2.75) is 48.5 Å². The summed E-state index contributed by atoms with van der Waals surface area (Å²) in [6.07, 6.45) is 0. The van der Waals surface area contributed by atoms with Gasteiger partial charge in [-0.15, -0.1) is 0 Å². The average Bonchev–Trinajstić information content (AvgIpc) is 3.26. The number of likely N-dealkylation sites (N-methyl/N-ethyl adjacent to an activating group) is 1. The van der Waals surface area contributed by atoms with Crippen LogP contribution in [0, 0.1) is 41.5 Å². The molecule has 0 saturated carbocycles. The third-order valence-corrected chi connectivity index (χ3v) is 16.8. The SMILES string of the molecule is CCN(CC(=O)Nc1c(C)cc(C)c(C(=O)P(=O)(c2ccccc2)c2ccccc2)c1C)CC(=O)Nc1c(C)cc(C)c(C(=O)P(=O)(c2ccccc2)c2ccccc2)c1C. The molecule has 0 spiro atoms. The Labute approximate surface area is 358 Å². The predicted molar refractivity (Wildman–Crippen MR) is 249 cm³/mol. The number of carbonyl (C=O) groups is 4. The third kappa shape index (κ3) is 8.92. The summed E-state index contributed by atoms with van der Waals surface area (Å²) in [5.74, 6) is -0.795. The molecule has 11 heteroatoms. The lowest BCUT2D eigenvalue weighted by molar-refractivity contribution is -0.120. The molecule has 0 atom stereocenters. The quantitative estimate of drug-likeness (QED) is 0.0989. The Bertz CT molecular complexity index is 2450. The first-order valence-electron chi connectivity index (χ1n) is 20.2. The van der Waals surface area contributed by atoms with Gasteiger partial charge in [0, 0.05) is 43.7 Å². The maximum Gasteiger partial charge on any atom is 0.238 e. The van der Waals surface area contributed by atoms with Gasteiger partial charge in [0.2, 0.25) is 37.1 Å². The van der Waals surface area contributed by atoms with Gasteiger partial charge in [0.25, 0.3) is 0 Å². The minimum atomic E-state index is -3.83. The van der Waals surface area contributed by atoms with Crippen molar-refractivity contribution in [3.63, 3.8) is 0 Å². The molecule has 0 fully saturated rings. The molecule has 0 heterocycles. The topological polar surface area (TPSA) is 130 Å². The van der Waals surface area contributed by atoms with Gasteiger partial charge in [0.05, 0.1) is 13.1 Å². The summed E-state index contributed by atoms with van der Waals surface area (Å²) in [5, 5.41) is 7.66. The summed E-state index contributed by atoms with van der Waals surface area (Å²) in [4.78, 5) is 58.3. The lowest BCUT2D eigenvalue weighted by atomic mass is 9.98. The van der Waals surface area contributed by atoms with Crippen LogP contribution in [0.2, 0.25) is 0 Å². The van der Waals surface area contributed by atoms with E-state index in [4.69, 9.17) is 0 Å². The van der Waals surface area contributed by atoms with Crippen molar-refractivity contribution in [2.24, 2.45) is 0 Å². The second-order valence-corrected chi connectivity index (χ2v) is 20.7. The van der Waals surface area contributed by atoms with Crippen LogP contribution in [0.1, 0.15) is 61.0 Å². The van der Waals surface area contributed by atoms with Gasteiger partial charge in [-0.3, -0.25) is 24.1 Å². The summed E-state index contributed by atoms with van der Waals surface area (Å²) in [6.45, 7) is 12.7. The second kappa shape index (κ2) is 18.7. The molecule has 0 aromatic heterocycles. The number of hydrogen-bond acceptors (Lipinski definition) is 7. The number of anilines is 2. The third-order valence-electron chi connectivity index (χ3n) is 11.1. The van der Waals surface area contributed by atoms with Crippen LogP contribution < -0.4 is 31.9 Å². The first-order chi connectivity index (χ1) is 29.1. The minimum absolute atomic E-state index is 0.139. The van der Waals surface area contributed by atoms with Crippen molar-refractivity contribution >= 4 is 69.7 Å². The van der Waals surface area contributed by atoms with Crippen molar-refractivity contribution < 1.29 is 28.3 Å². The van der Waals surface area contributed by atoms with Crippen LogP contribution >= 0.6 is 14.3 Å². The first-order valence-corrected chi connectivity index (χ1v) is 23.6. The molecule has 9 nitrogen and oxygen atoms in total. The fourth-order valence-corrected chi connectivity index (χ4v) is 13.3. The van der Waals surface area contributed by atoms with E-state index in [9.17, 15) is 19.2 Å². The van der Waals surface area contributed by atoms with Crippen LogP contribution in [0.15, 0.2) is 133 Å². The number of amides is 2. The molecule has 6 rings (SSSR count). The highest BCUT2D eigenvalue weighted by atomic mass is 31.2. The highest BCUT2D eigenvalue weighted by molar-refractivity contribution is 7.94. The maximum absolute atomic E-state index is 15.0. The summed E-state index contributed by atoms with van der Waals surface area (Å²) in [7, 11) is -7.65. The molecular formula is C50H51N3O6P2. The standard InChI is InChI=1S/C50H51N3O6P2/c1-8-53(31-43(54)51-47-35(4)29-33(2)45(37(47)6)49(56)60(58,39-21-13-9-14-22-39)40-23-15-10-16-24-40)32-44(55)52-48-36(5)30-34(3)46(38(48)7)50(57)61(59,41-25-17-11-18-26-41)42-27-19-12-20-28-42/h9-30H,8,31-32H2,1-7H3,(H,51,54)(H,52,55). The van der Waals surface area contributed by atoms with E-state index in [1.165, 1.54) is 0 Å². The molecule has 6 aromatic rings. The molecule has 0 bridgehead atoms.